The number of nitrogens with zero attached hydrogens (tertiary/aromatic N) is 2. The molecule has 32 heavy (non-hydrogen) atoms. The van der Waals surface area contributed by atoms with Crippen LogP contribution in [-0.2, 0) is 19.2 Å². The van der Waals surface area contributed by atoms with E-state index in [1.54, 1.807) is 32.4 Å². The molecule has 4 aliphatic rings. The largest absolute Gasteiger partial charge is 0.497 e. The Hall–Kier alpha value is -3.39. The second-order valence-electron chi connectivity index (χ2n) is 8.60. The molecular formula is C24H22N2O6. The van der Waals surface area contributed by atoms with Gasteiger partial charge in [-0.1, -0.05) is 22.9 Å². The summed E-state index contributed by atoms with van der Waals surface area (Å²) in [5, 5.41) is 4.34. The first-order valence-corrected chi connectivity index (χ1v) is 10.6. The maximum atomic E-state index is 13.4. The maximum absolute atomic E-state index is 13.4. The molecule has 6 atom stereocenters. The zero-order chi connectivity index (χ0) is 22.1. The van der Waals surface area contributed by atoms with Crippen LogP contribution in [-0.4, -0.2) is 50.1 Å². The molecule has 2 amide bonds. The van der Waals surface area contributed by atoms with E-state index in [2.05, 4.69) is 5.16 Å². The smallest absolute Gasteiger partial charge is 0.240 e. The van der Waals surface area contributed by atoms with Crippen molar-refractivity contribution in [3.63, 3.8) is 0 Å². The molecule has 8 heteroatoms. The summed E-state index contributed by atoms with van der Waals surface area (Å²) in [7, 11) is 3.17. The average Bonchev–Trinajstić information content (AvgIpc) is 3.54. The molecule has 0 N–H and O–H groups in total. The molecule has 0 aliphatic carbocycles. The third-order valence-corrected chi connectivity index (χ3v) is 7.02. The first-order valence-electron chi connectivity index (χ1n) is 10.6. The van der Waals surface area contributed by atoms with Gasteiger partial charge in [-0.15, -0.1) is 0 Å². The van der Waals surface area contributed by atoms with Crippen molar-refractivity contribution in [1.29, 1.82) is 0 Å². The number of anilines is 1. The molecule has 2 aromatic rings. The van der Waals surface area contributed by atoms with Crippen molar-refractivity contribution >= 4 is 23.2 Å². The fourth-order valence-corrected chi connectivity index (χ4v) is 5.54. The van der Waals surface area contributed by atoms with Crippen LogP contribution < -0.4 is 14.4 Å². The zero-order valence-electron chi connectivity index (χ0n) is 17.8. The molecule has 4 heterocycles. The van der Waals surface area contributed by atoms with Crippen LogP contribution in [0.3, 0.4) is 0 Å². The molecule has 6 rings (SSSR count). The fourth-order valence-electron chi connectivity index (χ4n) is 5.54. The van der Waals surface area contributed by atoms with Crippen molar-refractivity contribution in [2.45, 2.75) is 25.2 Å². The molecule has 0 aromatic heterocycles. The normalized spacial score (nSPS) is 32.0. The van der Waals surface area contributed by atoms with E-state index >= 15 is 0 Å². The van der Waals surface area contributed by atoms with E-state index in [9.17, 15) is 9.59 Å². The van der Waals surface area contributed by atoms with E-state index in [1.807, 2.05) is 31.2 Å². The van der Waals surface area contributed by atoms with Crippen LogP contribution in [0, 0.1) is 24.7 Å². The minimum atomic E-state index is -0.553. The van der Waals surface area contributed by atoms with E-state index in [0.717, 1.165) is 11.1 Å². The predicted octanol–water partition coefficient (Wildman–Crippen LogP) is 2.32. The van der Waals surface area contributed by atoms with Crippen LogP contribution >= 0.6 is 0 Å². The number of carbonyl (C=O) groups is 2. The summed E-state index contributed by atoms with van der Waals surface area (Å²) in [6, 6.07) is 12.9. The summed E-state index contributed by atoms with van der Waals surface area (Å²) in [6.45, 7) is 1.97. The molecule has 0 spiro atoms. The highest BCUT2D eigenvalue weighted by Gasteiger charge is 2.72. The number of oxime groups is 1. The number of ether oxygens (including phenoxy) is 3. The van der Waals surface area contributed by atoms with E-state index < -0.39 is 30.1 Å². The molecular weight excluding hydrogens is 412 g/mol. The van der Waals surface area contributed by atoms with E-state index in [0.29, 0.717) is 22.9 Å². The standard InChI is InChI=1S/C24H22N2O6/c1-11-4-6-12(7-5-11)26-23(27)16-17(24(26)28)21-22-18(20(16)31-21)19(25-32-22)14-9-8-13(29-2)10-15(14)30-3/h4-10,16-18,20-22H,1-3H3/t16-,17+,18-,20-,21-,22-/m0/s1. The van der Waals surface area contributed by atoms with Crippen LogP contribution in [0.2, 0.25) is 0 Å². The fraction of sp³-hybridized carbons (Fsp3) is 0.375. The lowest BCUT2D eigenvalue weighted by atomic mass is 9.71. The molecule has 4 aliphatic heterocycles. The van der Waals surface area contributed by atoms with E-state index in [4.69, 9.17) is 19.0 Å². The first kappa shape index (κ1) is 19.3. The molecule has 0 unspecified atom stereocenters. The van der Waals surface area contributed by atoms with E-state index in [-0.39, 0.29) is 17.7 Å². The minimum Gasteiger partial charge on any atom is -0.497 e. The number of methoxy groups -OCH3 is 2. The molecule has 0 radical (unpaired) electrons. The number of aryl methyl sites for hydroxylation is 1. The van der Waals surface area contributed by atoms with Gasteiger partial charge < -0.3 is 19.0 Å². The zero-order valence-corrected chi connectivity index (χ0v) is 17.8. The monoisotopic (exact) mass is 434 g/mol. The van der Waals surface area contributed by atoms with Gasteiger partial charge in [-0.25, -0.2) is 4.90 Å². The Balaban J connectivity index is 1.35. The van der Waals surface area contributed by atoms with Crippen LogP contribution in [0.4, 0.5) is 5.69 Å². The topological polar surface area (TPSA) is 86.7 Å². The highest BCUT2D eigenvalue weighted by Crippen LogP contribution is 2.55. The van der Waals surface area contributed by atoms with Crippen molar-refractivity contribution in [3.8, 4) is 11.5 Å². The summed E-state index contributed by atoms with van der Waals surface area (Å²) in [5.74, 6) is -0.540. The lowest BCUT2D eigenvalue weighted by Gasteiger charge is -2.26. The number of imide groups is 1. The Morgan fingerprint density at radius 3 is 2.28 bits per heavy atom. The van der Waals surface area contributed by atoms with Gasteiger partial charge in [0, 0.05) is 11.6 Å². The highest BCUT2D eigenvalue weighted by atomic mass is 16.7. The number of rotatable bonds is 4. The van der Waals surface area contributed by atoms with Crippen LogP contribution in [0.1, 0.15) is 11.1 Å². The third kappa shape index (κ3) is 2.44. The second-order valence-corrected chi connectivity index (χ2v) is 8.60. The SMILES string of the molecule is COc1ccc(C2=NO[C@@H]3[C@H]4O[C@H]([C@H]23)[C@H]2C(=O)N(c3ccc(C)cc3)C(=O)[C@@H]42)c(OC)c1. The summed E-state index contributed by atoms with van der Waals surface area (Å²) < 4.78 is 17.0. The third-order valence-electron chi connectivity index (χ3n) is 7.02. The van der Waals surface area contributed by atoms with Gasteiger partial charge in [-0.05, 0) is 31.2 Å². The van der Waals surface area contributed by atoms with Crippen LogP contribution in [0.25, 0.3) is 0 Å². The van der Waals surface area contributed by atoms with Gasteiger partial charge in [0.05, 0.1) is 43.8 Å². The van der Waals surface area contributed by atoms with Crippen molar-refractivity contribution in [1.82, 2.24) is 0 Å². The predicted molar refractivity (Wildman–Crippen MR) is 114 cm³/mol. The number of hydrogen-bond acceptors (Lipinski definition) is 7. The molecule has 164 valence electrons. The van der Waals surface area contributed by atoms with Gasteiger partial charge in [0.25, 0.3) is 0 Å². The summed E-state index contributed by atoms with van der Waals surface area (Å²) in [4.78, 5) is 33.8. The number of carbonyl (C=O) groups excluding carboxylic acids is 2. The Morgan fingerprint density at radius 1 is 0.875 bits per heavy atom. The highest BCUT2D eigenvalue weighted by molar-refractivity contribution is 6.23. The van der Waals surface area contributed by atoms with Crippen LogP contribution in [0.5, 0.6) is 11.5 Å². The first-order chi connectivity index (χ1) is 15.5. The Kier molecular flexibility index (Phi) is 4.10. The van der Waals surface area contributed by atoms with Crippen molar-refractivity contribution in [2.24, 2.45) is 22.9 Å². The van der Waals surface area contributed by atoms with E-state index in [1.165, 1.54) is 4.90 Å². The Morgan fingerprint density at radius 2 is 1.59 bits per heavy atom. The van der Waals surface area contributed by atoms with Crippen molar-refractivity contribution in [2.75, 3.05) is 19.1 Å². The quantitative estimate of drug-likeness (QED) is 0.687. The maximum Gasteiger partial charge on any atom is 0.240 e. The average molecular weight is 434 g/mol. The molecule has 3 fully saturated rings. The summed E-state index contributed by atoms with van der Waals surface area (Å²) >= 11 is 0. The van der Waals surface area contributed by atoms with Gasteiger partial charge in [-0.2, -0.15) is 0 Å². The second kappa shape index (κ2) is 6.80. The lowest BCUT2D eigenvalue weighted by molar-refractivity contribution is -0.125. The summed E-state index contributed by atoms with van der Waals surface area (Å²) in [5.41, 5.74) is 3.10. The Bertz CT molecular complexity index is 1160. The molecule has 3 saturated heterocycles. The molecule has 0 saturated carbocycles. The molecule has 2 bridgehead atoms. The number of hydrogen-bond donors (Lipinski definition) is 0. The van der Waals surface area contributed by atoms with Gasteiger partial charge >= 0.3 is 0 Å². The van der Waals surface area contributed by atoms with Gasteiger partial charge in [0.2, 0.25) is 11.8 Å². The van der Waals surface area contributed by atoms with Gasteiger partial charge in [-0.3, -0.25) is 9.59 Å². The van der Waals surface area contributed by atoms with Crippen molar-refractivity contribution in [3.05, 3.63) is 53.6 Å². The Labute approximate surface area is 184 Å². The summed E-state index contributed by atoms with van der Waals surface area (Å²) in [6.07, 6.45) is -1.39. The van der Waals surface area contributed by atoms with Gasteiger partial charge in [0.1, 0.15) is 23.3 Å². The minimum absolute atomic E-state index is 0.220. The number of benzene rings is 2. The molecule has 8 nitrogen and oxygen atoms in total. The van der Waals surface area contributed by atoms with Crippen LogP contribution in [0.15, 0.2) is 47.6 Å². The number of fused-ring (bicyclic) bond motifs is 8. The van der Waals surface area contributed by atoms with Crippen molar-refractivity contribution < 1.29 is 28.6 Å². The lowest BCUT2D eigenvalue weighted by Crippen LogP contribution is -2.45. The molecule has 2 aromatic carbocycles. The number of amides is 2. The van der Waals surface area contributed by atoms with Gasteiger partial charge in [0.15, 0.2) is 6.10 Å².